The van der Waals surface area contributed by atoms with Crippen LogP contribution in [0.25, 0.3) is 22.3 Å². The first-order valence-electron chi connectivity index (χ1n) is 15.3. The molecule has 0 saturated carbocycles. The smallest absolute Gasteiger partial charge is 0.232 e. The fraction of sp³-hybridized carbons (Fsp3) is 0.444. The van der Waals surface area contributed by atoms with Crippen molar-refractivity contribution in [3.05, 3.63) is 84.1 Å². The molecule has 0 atom stereocenters. The Morgan fingerprint density at radius 3 is 1.63 bits per heavy atom. The normalized spacial score (nSPS) is 11.0. The topological polar surface area (TPSA) is 68.2 Å². The minimum Gasteiger partial charge on any atom is -0.508 e. The van der Waals surface area contributed by atoms with E-state index in [1.807, 2.05) is 24.3 Å². The van der Waals surface area contributed by atoms with Gasteiger partial charge >= 0.3 is 0 Å². The number of ether oxygens (including phenoxy) is 1. The molecule has 41 heavy (non-hydrogen) atoms. The number of hydrogen-bond acceptors (Lipinski definition) is 5. The Kier molecular flexibility index (Phi) is 14.3. The first-order valence-corrected chi connectivity index (χ1v) is 15.3. The van der Waals surface area contributed by atoms with Gasteiger partial charge in [0, 0.05) is 0 Å². The quantitative estimate of drug-likeness (QED) is 0.0473. The van der Waals surface area contributed by atoms with Gasteiger partial charge in [0.1, 0.15) is 18.1 Å². The van der Waals surface area contributed by atoms with Crippen LogP contribution >= 0.6 is 0 Å². The molecular formula is C36H48O5. The highest BCUT2D eigenvalue weighted by molar-refractivity contribution is 5.78. The van der Waals surface area contributed by atoms with Crippen LogP contribution in [0.5, 0.6) is 11.5 Å². The SMILES string of the molecule is C=C(CO)OOCOc1ccc(-c2ccc(-c3ccc(O)cc3)c(CCCCCCC)c2CCCCCCC)cc1. The zero-order valence-electron chi connectivity index (χ0n) is 25.0. The fourth-order valence-corrected chi connectivity index (χ4v) is 5.21. The highest BCUT2D eigenvalue weighted by atomic mass is 17.2. The highest BCUT2D eigenvalue weighted by Crippen LogP contribution is 2.37. The molecule has 3 aromatic rings. The molecule has 0 unspecified atom stereocenters. The van der Waals surface area contributed by atoms with Crippen molar-refractivity contribution >= 4 is 0 Å². The lowest BCUT2D eigenvalue weighted by Gasteiger charge is -2.20. The van der Waals surface area contributed by atoms with E-state index in [1.165, 1.54) is 86.5 Å². The maximum atomic E-state index is 9.92. The molecule has 0 saturated heterocycles. The second-order valence-corrected chi connectivity index (χ2v) is 10.7. The predicted octanol–water partition coefficient (Wildman–Crippen LogP) is 9.54. The fourth-order valence-electron chi connectivity index (χ4n) is 5.21. The summed E-state index contributed by atoms with van der Waals surface area (Å²) in [4.78, 5) is 9.76. The van der Waals surface area contributed by atoms with E-state index in [0.29, 0.717) is 11.5 Å². The van der Waals surface area contributed by atoms with Gasteiger partial charge in [-0.3, -0.25) is 0 Å². The lowest BCUT2D eigenvalue weighted by atomic mass is 9.84. The molecule has 222 valence electrons. The number of aromatic hydroxyl groups is 1. The summed E-state index contributed by atoms with van der Waals surface area (Å²) >= 11 is 0. The summed E-state index contributed by atoms with van der Waals surface area (Å²) < 4.78 is 5.63. The predicted molar refractivity (Wildman–Crippen MR) is 168 cm³/mol. The van der Waals surface area contributed by atoms with E-state index in [-0.39, 0.29) is 19.2 Å². The van der Waals surface area contributed by atoms with Gasteiger partial charge in [0.05, 0.1) is 0 Å². The number of aliphatic hydroxyl groups is 1. The minimum atomic E-state index is -0.304. The number of rotatable bonds is 20. The van der Waals surface area contributed by atoms with Crippen molar-refractivity contribution in [1.29, 1.82) is 0 Å². The van der Waals surface area contributed by atoms with E-state index in [9.17, 15) is 5.11 Å². The van der Waals surface area contributed by atoms with Crippen molar-refractivity contribution in [3.63, 3.8) is 0 Å². The number of hydrogen-bond donors (Lipinski definition) is 2. The molecule has 0 bridgehead atoms. The standard InChI is InChI=1S/C36H48O5/c1-4-6-8-10-12-14-35-33(29-16-20-31(38)21-17-29)24-25-34(36(35)15-13-11-9-7-5-2)30-18-22-32(23-19-30)39-27-40-41-28(3)26-37/h16-25,37-38H,3-15,26-27H2,1-2H3. The summed E-state index contributed by atoms with van der Waals surface area (Å²) in [5.41, 5.74) is 7.74. The zero-order chi connectivity index (χ0) is 29.3. The van der Waals surface area contributed by atoms with Gasteiger partial charge in [-0.15, -0.1) is 4.89 Å². The van der Waals surface area contributed by atoms with Crippen LogP contribution in [0.3, 0.4) is 0 Å². The van der Waals surface area contributed by atoms with Crippen LogP contribution in [-0.2, 0) is 22.6 Å². The highest BCUT2D eigenvalue weighted by Gasteiger charge is 2.16. The van der Waals surface area contributed by atoms with Crippen molar-refractivity contribution in [3.8, 4) is 33.8 Å². The molecule has 0 spiro atoms. The first kappa shape index (κ1) is 32.2. The average molecular weight is 561 g/mol. The number of benzene rings is 3. The van der Waals surface area contributed by atoms with Gasteiger partial charge in [0.2, 0.25) is 6.79 Å². The molecule has 3 rings (SSSR count). The van der Waals surface area contributed by atoms with Gasteiger partial charge in [0.25, 0.3) is 0 Å². The number of aliphatic hydroxyl groups excluding tert-OH is 1. The van der Waals surface area contributed by atoms with E-state index in [2.05, 4.69) is 44.7 Å². The lowest BCUT2D eigenvalue weighted by molar-refractivity contribution is -0.297. The van der Waals surface area contributed by atoms with Crippen LogP contribution in [0, 0.1) is 0 Å². The monoisotopic (exact) mass is 560 g/mol. The summed E-state index contributed by atoms with van der Waals surface area (Å²) in [6.07, 6.45) is 14.6. The van der Waals surface area contributed by atoms with E-state index in [4.69, 9.17) is 19.6 Å². The van der Waals surface area contributed by atoms with E-state index >= 15 is 0 Å². The van der Waals surface area contributed by atoms with Crippen molar-refractivity contribution in [2.24, 2.45) is 0 Å². The minimum absolute atomic E-state index is 0.106. The van der Waals surface area contributed by atoms with Gasteiger partial charge in [-0.1, -0.05) is 108 Å². The largest absolute Gasteiger partial charge is 0.508 e. The molecule has 3 aromatic carbocycles. The van der Waals surface area contributed by atoms with Gasteiger partial charge in [-0.25, -0.2) is 0 Å². The Bertz CT molecular complexity index is 1170. The Hall–Kier alpha value is -3.28. The maximum absolute atomic E-state index is 9.92. The van der Waals surface area contributed by atoms with Crippen LogP contribution in [0.15, 0.2) is 73.0 Å². The second-order valence-electron chi connectivity index (χ2n) is 10.7. The lowest BCUT2D eigenvalue weighted by Crippen LogP contribution is -2.05. The summed E-state index contributed by atoms with van der Waals surface area (Å²) in [5, 5.41) is 18.9. The van der Waals surface area contributed by atoms with Crippen LogP contribution in [0.2, 0.25) is 0 Å². The molecule has 5 nitrogen and oxygen atoms in total. The van der Waals surface area contributed by atoms with Gasteiger partial charge < -0.3 is 19.8 Å². The number of phenolic OH excluding ortho intramolecular Hbond substituents is 1. The van der Waals surface area contributed by atoms with Crippen LogP contribution < -0.4 is 4.74 Å². The van der Waals surface area contributed by atoms with Crippen molar-refractivity contribution < 1.29 is 24.7 Å². The van der Waals surface area contributed by atoms with Crippen LogP contribution in [0.1, 0.15) is 89.2 Å². The van der Waals surface area contributed by atoms with Gasteiger partial charge in [0.15, 0.2) is 5.76 Å². The Morgan fingerprint density at radius 2 is 1.15 bits per heavy atom. The van der Waals surface area contributed by atoms with Crippen LogP contribution in [0.4, 0.5) is 0 Å². The van der Waals surface area contributed by atoms with Crippen molar-refractivity contribution in [1.82, 2.24) is 0 Å². The van der Waals surface area contributed by atoms with Crippen molar-refractivity contribution in [2.75, 3.05) is 13.4 Å². The number of unbranched alkanes of at least 4 members (excludes halogenated alkanes) is 8. The second kappa shape index (κ2) is 18.2. The molecule has 0 aliphatic carbocycles. The molecular weight excluding hydrogens is 512 g/mol. The Balaban J connectivity index is 1.91. The zero-order valence-corrected chi connectivity index (χ0v) is 25.0. The van der Waals surface area contributed by atoms with Crippen molar-refractivity contribution in [2.45, 2.75) is 90.9 Å². The summed E-state index contributed by atoms with van der Waals surface area (Å²) in [6, 6.07) is 20.2. The summed E-state index contributed by atoms with van der Waals surface area (Å²) in [6.45, 7) is 7.62. The van der Waals surface area contributed by atoms with E-state index < -0.39 is 0 Å². The number of phenols is 1. The van der Waals surface area contributed by atoms with Gasteiger partial charge in [-0.05, 0) is 83.3 Å². The molecule has 0 radical (unpaired) electrons. The summed E-state index contributed by atoms with van der Waals surface area (Å²) in [5.74, 6) is 1.09. The molecule has 0 aliphatic rings. The third-order valence-corrected chi connectivity index (χ3v) is 7.46. The van der Waals surface area contributed by atoms with E-state index in [0.717, 1.165) is 24.0 Å². The molecule has 0 aliphatic heterocycles. The molecule has 2 N–H and O–H groups in total. The van der Waals surface area contributed by atoms with E-state index in [1.54, 1.807) is 12.1 Å². The maximum Gasteiger partial charge on any atom is 0.232 e. The third-order valence-electron chi connectivity index (χ3n) is 7.46. The molecule has 5 heteroatoms. The Labute approximate surface area is 246 Å². The molecule has 0 aromatic heterocycles. The molecule has 0 heterocycles. The molecule has 0 amide bonds. The molecule has 0 fully saturated rings. The van der Waals surface area contributed by atoms with Crippen LogP contribution in [-0.4, -0.2) is 23.6 Å². The first-order chi connectivity index (χ1) is 20.1. The summed E-state index contributed by atoms with van der Waals surface area (Å²) in [7, 11) is 0. The Morgan fingerprint density at radius 1 is 0.659 bits per heavy atom. The van der Waals surface area contributed by atoms with Gasteiger partial charge in [-0.2, -0.15) is 0 Å². The third kappa shape index (κ3) is 10.6. The average Bonchev–Trinajstić information content (AvgIpc) is 3.00.